The molecule has 0 aliphatic carbocycles. The van der Waals surface area contributed by atoms with Crippen molar-refractivity contribution in [3.63, 3.8) is 0 Å². The Morgan fingerprint density at radius 2 is 1.97 bits per heavy atom. The molecule has 0 fully saturated rings. The zero-order valence-electron chi connectivity index (χ0n) is 17.5. The van der Waals surface area contributed by atoms with Crippen LogP contribution in [-0.2, 0) is 9.59 Å². The Labute approximate surface area is 193 Å². The Morgan fingerprint density at radius 1 is 1.12 bits per heavy atom. The molecule has 1 N–H and O–H groups in total. The second kappa shape index (κ2) is 11.1. The zero-order valence-corrected chi connectivity index (χ0v) is 19.1. The summed E-state index contributed by atoms with van der Waals surface area (Å²) in [7, 11) is 0. The number of hydrazone groups is 1. The van der Waals surface area contributed by atoms with Crippen molar-refractivity contribution in [2.75, 3.05) is 6.61 Å². The maximum Gasteiger partial charge on any atom is 0.336 e. The first-order valence-electron chi connectivity index (χ1n) is 9.66. The number of ether oxygens (including phenoxy) is 2. The maximum absolute atomic E-state index is 12.1. The van der Waals surface area contributed by atoms with Crippen LogP contribution in [0.4, 0.5) is 0 Å². The van der Waals surface area contributed by atoms with E-state index in [1.807, 2.05) is 26.0 Å². The molecule has 164 valence electrons. The van der Waals surface area contributed by atoms with Crippen molar-refractivity contribution in [1.82, 2.24) is 5.43 Å². The van der Waals surface area contributed by atoms with Gasteiger partial charge in [0.25, 0.3) is 5.91 Å². The first-order chi connectivity index (χ1) is 15.4. The topological polar surface area (TPSA) is 90.1 Å². The number of esters is 1. The molecule has 1 aromatic heterocycles. The predicted octanol–water partition coefficient (Wildman–Crippen LogP) is 4.81. The van der Waals surface area contributed by atoms with Crippen LogP contribution in [0.15, 0.2) is 74.9 Å². The molecule has 3 aromatic rings. The van der Waals surface area contributed by atoms with Crippen molar-refractivity contribution in [2.45, 2.75) is 13.8 Å². The number of hydrogen-bond donors (Lipinski definition) is 1. The normalized spacial score (nSPS) is 11.1. The highest BCUT2D eigenvalue weighted by atomic mass is 79.9. The Balaban J connectivity index is 1.58. The fourth-order valence-electron chi connectivity index (χ4n) is 2.62. The molecule has 2 aromatic carbocycles. The third kappa shape index (κ3) is 6.68. The van der Waals surface area contributed by atoms with Gasteiger partial charge in [0.1, 0.15) is 17.3 Å². The van der Waals surface area contributed by atoms with Crippen LogP contribution in [0.1, 0.15) is 22.5 Å². The van der Waals surface area contributed by atoms with Gasteiger partial charge in [-0.05, 0) is 67.4 Å². The number of rotatable bonds is 8. The largest absolute Gasteiger partial charge is 0.483 e. The standard InChI is InChI=1S/C24H21BrN2O5/c1-16-5-3-7-21(17(16)2)31-15-23(28)27-26-14-18-13-19(25)8-10-22(18)32-24(29)11-9-20-6-4-12-30-20/h3-14H,15H2,1-2H3,(H,27,28). The van der Waals surface area contributed by atoms with Crippen molar-refractivity contribution in [2.24, 2.45) is 5.10 Å². The van der Waals surface area contributed by atoms with Gasteiger partial charge in [-0.25, -0.2) is 10.2 Å². The van der Waals surface area contributed by atoms with Crippen LogP contribution >= 0.6 is 15.9 Å². The van der Waals surface area contributed by atoms with E-state index in [0.717, 1.165) is 15.6 Å². The van der Waals surface area contributed by atoms with Crippen LogP contribution in [-0.4, -0.2) is 24.7 Å². The van der Waals surface area contributed by atoms with E-state index in [4.69, 9.17) is 13.9 Å². The number of halogens is 1. The molecule has 0 spiro atoms. The van der Waals surface area contributed by atoms with Crippen molar-refractivity contribution >= 4 is 40.1 Å². The second-order valence-corrected chi connectivity index (χ2v) is 7.65. The lowest BCUT2D eigenvalue weighted by molar-refractivity contribution is -0.129. The third-order valence-electron chi connectivity index (χ3n) is 4.42. The summed E-state index contributed by atoms with van der Waals surface area (Å²) >= 11 is 3.37. The molecule has 0 aliphatic rings. The molecule has 3 rings (SSSR count). The van der Waals surface area contributed by atoms with Gasteiger partial charge in [-0.3, -0.25) is 4.79 Å². The smallest absolute Gasteiger partial charge is 0.336 e. The molecule has 0 atom stereocenters. The summed E-state index contributed by atoms with van der Waals surface area (Å²) in [5.74, 6) is 0.464. The van der Waals surface area contributed by atoms with E-state index in [2.05, 4.69) is 26.5 Å². The lowest BCUT2D eigenvalue weighted by Gasteiger charge is -2.10. The predicted molar refractivity (Wildman–Crippen MR) is 125 cm³/mol. The molecule has 0 aliphatic heterocycles. The number of nitrogens with zero attached hydrogens (tertiary/aromatic N) is 1. The van der Waals surface area contributed by atoms with Crippen LogP contribution in [0.3, 0.4) is 0 Å². The van der Waals surface area contributed by atoms with Gasteiger partial charge < -0.3 is 13.9 Å². The molecule has 0 saturated heterocycles. The molecule has 7 nitrogen and oxygen atoms in total. The Bertz CT molecular complexity index is 1150. The monoisotopic (exact) mass is 496 g/mol. The minimum atomic E-state index is -0.579. The number of aryl methyl sites for hydroxylation is 1. The highest BCUT2D eigenvalue weighted by molar-refractivity contribution is 9.10. The van der Waals surface area contributed by atoms with E-state index < -0.39 is 11.9 Å². The Morgan fingerprint density at radius 3 is 2.75 bits per heavy atom. The van der Waals surface area contributed by atoms with Gasteiger partial charge >= 0.3 is 5.97 Å². The van der Waals surface area contributed by atoms with Gasteiger partial charge in [0.15, 0.2) is 6.61 Å². The van der Waals surface area contributed by atoms with E-state index in [-0.39, 0.29) is 12.4 Å². The molecular weight excluding hydrogens is 476 g/mol. The fraction of sp³-hybridized carbons (Fsp3) is 0.125. The first kappa shape index (κ1) is 23.0. The Hall–Kier alpha value is -3.65. The minimum absolute atomic E-state index is 0.181. The van der Waals surface area contributed by atoms with Crippen molar-refractivity contribution in [3.05, 3.63) is 87.8 Å². The van der Waals surface area contributed by atoms with E-state index in [9.17, 15) is 9.59 Å². The van der Waals surface area contributed by atoms with Crippen LogP contribution in [0.5, 0.6) is 11.5 Å². The highest BCUT2D eigenvalue weighted by Gasteiger charge is 2.08. The number of nitrogens with one attached hydrogen (secondary N) is 1. The first-order valence-corrected chi connectivity index (χ1v) is 10.5. The Kier molecular flexibility index (Phi) is 7.99. The minimum Gasteiger partial charge on any atom is -0.483 e. The average Bonchev–Trinajstić information content (AvgIpc) is 3.29. The number of amides is 1. The van der Waals surface area contributed by atoms with Gasteiger partial charge in [0.2, 0.25) is 0 Å². The lowest BCUT2D eigenvalue weighted by Crippen LogP contribution is -2.24. The molecule has 1 heterocycles. The number of furan rings is 1. The maximum atomic E-state index is 12.1. The second-order valence-electron chi connectivity index (χ2n) is 6.73. The van der Waals surface area contributed by atoms with Gasteiger partial charge in [-0.15, -0.1) is 0 Å². The van der Waals surface area contributed by atoms with E-state index in [1.165, 1.54) is 24.6 Å². The SMILES string of the molecule is Cc1cccc(OCC(=O)NN=Cc2cc(Br)ccc2OC(=O)C=Cc2ccco2)c1C. The molecule has 0 radical (unpaired) electrons. The third-order valence-corrected chi connectivity index (χ3v) is 4.91. The number of benzene rings is 2. The summed E-state index contributed by atoms with van der Waals surface area (Å²) in [6.45, 7) is 3.72. The summed E-state index contributed by atoms with van der Waals surface area (Å²) in [5.41, 5.74) is 4.96. The van der Waals surface area contributed by atoms with Gasteiger partial charge in [-0.1, -0.05) is 28.1 Å². The molecule has 32 heavy (non-hydrogen) atoms. The molecular formula is C24H21BrN2O5. The molecule has 1 amide bonds. The van der Waals surface area contributed by atoms with Crippen LogP contribution in [0, 0.1) is 13.8 Å². The summed E-state index contributed by atoms with van der Waals surface area (Å²) in [6, 6.07) is 14.1. The van der Waals surface area contributed by atoms with Crippen molar-refractivity contribution in [3.8, 4) is 11.5 Å². The summed E-state index contributed by atoms with van der Waals surface area (Å²) < 4.78 is 16.8. The summed E-state index contributed by atoms with van der Waals surface area (Å²) in [6.07, 6.45) is 5.66. The molecule has 8 heteroatoms. The van der Waals surface area contributed by atoms with Gasteiger partial charge in [-0.2, -0.15) is 5.10 Å². The van der Waals surface area contributed by atoms with Crippen LogP contribution < -0.4 is 14.9 Å². The quantitative estimate of drug-likeness (QED) is 0.159. The molecule has 0 unspecified atom stereocenters. The molecule has 0 bridgehead atoms. The fourth-order valence-corrected chi connectivity index (χ4v) is 3.00. The number of carbonyl (C=O) groups is 2. The van der Waals surface area contributed by atoms with Crippen LogP contribution in [0.25, 0.3) is 6.08 Å². The van der Waals surface area contributed by atoms with Crippen molar-refractivity contribution in [1.29, 1.82) is 0 Å². The van der Waals surface area contributed by atoms with E-state index in [0.29, 0.717) is 17.1 Å². The van der Waals surface area contributed by atoms with Crippen LogP contribution in [0.2, 0.25) is 0 Å². The van der Waals surface area contributed by atoms with Gasteiger partial charge in [0, 0.05) is 16.1 Å². The number of carbonyl (C=O) groups excluding carboxylic acids is 2. The zero-order chi connectivity index (χ0) is 22.9. The molecule has 0 saturated carbocycles. The summed E-state index contributed by atoms with van der Waals surface area (Å²) in [5, 5.41) is 3.94. The van der Waals surface area contributed by atoms with Crippen molar-refractivity contribution < 1.29 is 23.5 Å². The summed E-state index contributed by atoms with van der Waals surface area (Å²) in [4.78, 5) is 24.2. The lowest BCUT2D eigenvalue weighted by atomic mass is 10.1. The van der Waals surface area contributed by atoms with E-state index >= 15 is 0 Å². The average molecular weight is 497 g/mol. The number of hydrogen-bond acceptors (Lipinski definition) is 6. The van der Waals surface area contributed by atoms with Gasteiger partial charge in [0.05, 0.1) is 12.5 Å². The highest BCUT2D eigenvalue weighted by Crippen LogP contribution is 2.22. The van der Waals surface area contributed by atoms with E-state index in [1.54, 1.807) is 36.4 Å².